The first-order valence-corrected chi connectivity index (χ1v) is 8.09. The Balaban J connectivity index is 1.87. The molecular formula is C19H26O3. The van der Waals surface area contributed by atoms with Crippen LogP contribution in [0.2, 0.25) is 0 Å². The molecule has 1 aromatic rings. The van der Waals surface area contributed by atoms with Crippen molar-refractivity contribution in [3.63, 3.8) is 0 Å². The van der Waals surface area contributed by atoms with E-state index in [-0.39, 0.29) is 17.5 Å². The molecule has 0 amide bonds. The summed E-state index contributed by atoms with van der Waals surface area (Å²) in [7, 11) is 0. The number of ether oxygens (including phenoxy) is 2. The van der Waals surface area contributed by atoms with E-state index in [0.717, 1.165) is 31.2 Å². The maximum absolute atomic E-state index is 11.9. The van der Waals surface area contributed by atoms with E-state index >= 15 is 0 Å². The van der Waals surface area contributed by atoms with Gasteiger partial charge in [-0.1, -0.05) is 43.3 Å². The number of benzene rings is 1. The van der Waals surface area contributed by atoms with Crippen molar-refractivity contribution in [1.29, 1.82) is 0 Å². The molecule has 3 nitrogen and oxygen atoms in total. The second-order valence-corrected chi connectivity index (χ2v) is 6.17. The molecule has 2 atom stereocenters. The molecule has 1 fully saturated rings. The van der Waals surface area contributed by atoms with E-state index in [1.165, 1.54) is 0 Å². The van der Waals surface area contributed by atoms with Crippen LogP contribution in [0.3, 0.4) is 0 Å². The van der Waals surface area contributed by atoms with Crippen LogP contribution in [0, 0.1) is 5.41 Å². The minimum Gasteiger partial charge on any atom is -0.460 e. The van der Waals surface area contributed by atoms with Gasteiger partial charge in [-0.2, -0.15) is 0 Å². The number of hydrogen-bond donors (Lipinski definition) is 0. The normalized spacial score (nSPS) is 24.8. The molecule has 1 heterocycles. The van der Waals surface area contributed by atoms with Gasteiger partial charge in [0, 0.05) is 0 Å². The fourth-order valence-corrected chi connectivity index (χ4v) is 3.15. The summed E-state index contributed by atoms with van der Waals surface area (Å²) in [5, 5.41) is 0. The third-order valence-electron chi connectivity index (χ3n) is 4.52. The zero-order chi connectivity index (χ0) is 15.8. The third kappa shape index (κ3) is 4.70. The van der Waals surface area contributed by atoms with E-state index in [2.05, 4.69) is 13.5 Å². The van der Waals surface area contributed by atoms with E-state index in [1.54, 1.807) is 0 Å². The summed E-state index contributed by atoms with van der Waals surface area (Å²) in [5.74, 6) is -0.0922. The van der Waals surface area contributed by atoms with Crippen LogP contribution in [-0.2, 0) is 20.9 Å². The van der Waals surface area contributed by atoms with Crippen LogP contribution in [-0.4, -0.2) is 18.7 Å². The molecule has 0 aromatic heterocycles. The van der Waals surface area contributed by atoms with Crippen molar-refractivity contribution < 1.29 is 14.3 Å². The van der Waals surface area contributed by atoms with Gasteiger partial charge in [-0.15, -0.1) is 6.58 Å². The highest BCUT2D eigenvalue weighted by Crippen LogP contribution is 2.41. The van der Waals surface area contributed by atoms with Crippen molar-refractivity contribution in [1.82, 2.24) is 0 Å². The summed E-state index contributed by atoms with van der Waals surface area (Å²) < 4.78 is 11.2. The molecule has 1 aromatic carbocycles. The molecule has 0 radical (unpaired) electrons. The second-order valence-electron chi connectivity index (χ2n) is 6.17. The average Bonchev–Trinajstić information content (AvgIpc) is 2.53. The second kappa shape index (κ2) is 8.14. The maximum atomic E-state index is 11.9. The summed E-state index contributed by atoms with van der Waals surface area (Å²) in [6, 6.07) is 10.1. The van der Waals surface area contributed by atoms with Gasteiger partial charge in [-0.05, 0) is 36.7 Å². The van der Waals surface area contributed by atoms with E-state index < -0.39 is 0 Å². The lowest BCUT2D eigenvalue weighted by atomic mass is 9.72. The average molecular weight is 302 g/mol. The highest BCUT2D eigenvalue weighted by molar-refractivity contribution is 5.71. The molecule has 22 heavy (non-hydrogen) atoms. The molecular weight excluding hydrogens is 276 g/mol. The van der Waals surface area contributed by atoms with E-state index in [1.807, 2.05) is 36.4 Å². The minimum atomic E-state index is -0.130. The van der Waals surface area contributed by atoms with Gasteiger partial charge in [-0.25, -0.2) is 0 Å². The highest BCUT2D eigenvalue weighted by Gasteiger charge is 2.39. The summed E-state index contributed by atoms with van der Waals surface area (Å²) in [6.07, 6.45) is 6.14. The number of rotatable bonds is 8. The molecule has 0 aliphatic carbocycles. The number of carbonyl (C=O) groups excluding carboxylic acids is 1. The Labute approximate surface area is 133 Å². The van der Waals surface area contributed by atoms with Crippen LogP contribution in [0.4, 0.5) is 0 Å². The Kier molecular flexibility index (Phi) is 6.20. The molecule has 3 heteroatoms. The molecule has 0 bridgehead atoms. The van der Waals surface area contributed by atoms with Crippen molar-refractivity contribution in [3.05, 3.63) is 48.6 Å². The van der Waals surface area contributed by atoms with Crippen LogP contribution in [0.15, 0.2) is 43.0 Å². The van der Waals surface area contributed by atoms with Crippen LogP contribution in [0.5, 0.6) is 0 Å². The van der Waals surface area contributed by atoms with Crippen molar-refractivity contribution in [2.24, 2.45) is 5.41 Å². The molecule has 1 saturated heterocycles. The molecule has 0 unspecified atom stereocenters. The lowest BCUT2D eigenvalue weighted by Crippen LogP contribution is -2.40. The lowest BCUT2D eigenvalue weighted by molar-refractivity contribution is -0.167. The maximum Gasteiger partial charge on any atom is 0.306 e. The molecule has 120 valence electrons. The Morgan fingerprint density at radius 3 is 2.86 bits per heavy atom. The van der Waals surface area contributed by atoms with Gasteiger partial charge in [0.25, 0.3) is 0 Å². The Morgan fingerprint density at radius 2 is 2.18 bits per heavy atom. The van der Waals surface area contributed by atoms with E-state index in [4.69, 9.17) is 9.47 Å². The zero-order valence-corrected chi connectivity index (χ0v) is 13.4. The van der Waals surface area contributed by atoms with Gasteiger partial charge in [0.05, 0.1) is 19.6 Å². The molecule has 1 aliphatic rings. The fourth-order valence-electron chi connectivity index (χ4n) is 3.15. The number of allylic oxidation sites excluding steroid dienone is 1. The van der Waals surface area contributed by atoms with Crippen LogP contribution < -0.4 is 0 Å². The monoisotopic (exact) mass is 302 g/mol. The van der Waals surface area contributed by atoms with Crippen LogP contribution >= 0.6 is 0 Å². The van der Waals surface area contributed by atoms with Gasteiger partial charge in [0.2, 0.25) is 0 Å². The third-order valence-corrected chi connectivity index (χ3v) is 4.52. The smallest absolute Gasteiger partial charge is 0.306 e. The van der Waals surface area contributed by atoms with Gasteiger partial charge in [0.1, 0.15) is 6.10 Å². The molecule has 0 saturated carbocycles. The zero-order valence-electron chi connectivity index (χ0n) is 13.4. The van der Waals surface area contributed by atoms with Crippen molar-refractivity contribution in [3.8, 4) is 0 Å². The number of esters is 1. The summed E-state index contributed by atoms with van der Waals surface area (Å²) >= 11 is 0. The number of carbonyl (C=O) groups is 1. The summed E-state index contributed by atoms with van der Waals surface area (Å²) in [4.78, 5) is 11.9. The molecule has 0 N–H and O–H groups in total. The first-order chi connectivity index (χ1) is 10.7. The topological polar surface area (TPSA) is 35.5 Å². The van der Waals surface area contributed by atoms with E-state index in [0.29, 0.717) is 19.6 Å². The van der Waals surface area contributed by atoms with Crippen molar-refractivity contribution in [2.75, 3.05) is 6.61 Å². The fraction of sp³-hybridized carbons (Fsp3) is 0.526. The Hall–Kier alpha value is -1.61. The van der Waals surface area contributed by atoms with E-state index in [9.17, 15) is 4.79 Å². The van der Waals surface area contributed by atoms with Crippen LogP contribution in [0.1, 0.15) is 44.6 Å². The predicted octanol–water partition coefficient (Wildman–Crippen LogP) is 4.27. The van der Waals surface area contributed by atoms with Gasteiger partial charge in [-0.3, -0.25) is 4.79 Å². The predicted molar refractivity (Wildman–Crippen MR) is 87.4 cm³/mol. The Morgan fingerprint density at radius 1 is 1.41 bits per heavy atom. The first-order valence-electron chi connectivity index (χ1n) is 8.09. The highest BCUT2D eigenvalue weighted by atomic mass is 16.6. The molecule has 1 aliphatic heterocycles. The lowest BCUT2D eigenvalue weighted by Gasteiger charge is -2.39. The standard InChI is InChI=1S/C19H26O3/c1-3-5-11-19(4-2)12-17(22-18(20)13-19)15-21-14-16-9-7-6-8-10-16/h3,6-10,17H,1,4-5,11-15H2,2H3/t17-,19-/m1/s1. The quantitative estimate of drug-likeness (QED) is 0.531. The number of cyclic esters (lactones) is 1. The summed E-state index contributed by atoms with van der Waals surface area (Å²) in [6.45, 7) is 6.97. The minimum absolute atomic E-state index is 0.0459. The van der Waals surface area contributed by atoms with Gasteiger partial charge >= 0.3 is 5.97 Å². The largest absolute Gasteiger partial charge is 0.460 e. The SMILES string of the molecule is C=CCC[C@@]1(CC)CC(=O)O[C@@H](COCc2ccccc2)C1. The van der Waals surface area contributed by atoms with Gasteiger partial charge in [0.15, 0.2) is 0 Å². The van der Waals surface area contributed by atoms with Gasteiger partial charge < -0.3 is 9.47 Å². The Bertz CT molecular complexity index is 483. The van der Waals surface area contributed by atoms with Crippen molar-refractivity contribution in [2.45, 2.75) is 51.7 Å². The first kappa shape index (κ1) is 16.8. The van der Waals surface area contributed by atoms with Crippen molar-refractivity contribution >= 4 is 5.97 Å². The number of hydrogen-bond acceptors (Lipinski definition) is 3. The molecule has 0 spiro atoms. The molecule has 2 rings (SSSR count). The summed E-state index contributed by atoms with van der Waals surface area (Å²) in [5.41, 5.74) is 1.18. The van der Waals surface area contributed by atoms with Crippen LogP contribution in [0.25, 0.3) is 0 Å².